The quantitative estimate of drug-likeness (QED) is 0.125. The van der Waals surface area contributed by atoms with E-state index in [1.807, 2.05) is 91.0 Å². The summed E-state index contributed by atoms with van der Waals surface area (Å²) in [6, 6.07) is 28.4. The molecule has 0 atom stereocenters. The number of ketones is 3. The molecule has 40 heavy (non-hydrogen) atoms. The van der Waals surface area contributed by atoms with Gasteiger partial charge in [0.25, 0.3) is 0 Å². The molecule has 0 heterocycles. The van der Waals surface area contributed by atoms with Crippen molar-refractivity contribution < 1.29 is 34.8 Å². The van der Waals surface area contributed by atoms with Gasteiger partial charge in [-0.3, -0.25) is 14.4 Å². The maximum absolute atomic E-state index is 11.0. The van der Waals surface area contributed by atoms with Crippen molar-refractivity contribution >= 4 is 105 Å². The molecule has 3 rings (SSSR count). The van der Waals surface area contributed by atoms with E-state index in [1.54, 1.807) is 18.2 Å². The van der Waals surface area contributed by atoms with Gasteiger partial charge in [0.2, 0.25) is 0 Å². The summed E-state index contributed by atoms with van der Waals surface area (Å²) in [6.07, 6.45) is 9.17. The zero-order valence-corrected chi connectivity index (χ0v) is 26.8. The van der Waals surface area contributed by atoms with E-state index >= 15 is 0 Å². The second-order valence-electron chi connectivity index (χ2n) is 7.34. The van der Waals surface area contributed by atoms with Crippen LogP contribution in [0.3, 0.4) is 0 Å². The number of hydrogen-bond acceptors (Lipinski definition) is 3. The van der Waals surface area contributed by atoms with Crippen LogP contribution in [0.15, 0.2) is 109 Å². The van der Waals surface area contributed by atoms with Crippen LogP contribution < -0.4 is 0 Å². The molecule has 0 amide bonds. The van der Waals surface area contributed by atoms with Gasteiger partial charge >= 0.3 is 0 Å². The molecule has 10 heteroatoms. The molecule has 3 aromatic carbocycles. The van der Waals surface area contributed by atoms with E-state index < -0.39 is 14.5 Å². The minimum atomic E-state index is -0.972. The molecule has 214 valence electrons. The molecule has 0 saturated heterocycles. The zero-order chi connectivity index (χ0) is 29.0. The molecular formula is C30H24Cl6O3Pd. The summed E-state index contributed by atoms with van der Waals surface area (Å²) in [6.45, 7) is 0. The smallest absolute Gasteiger partial charge is 0.188 e. The number of hydrogen-bond donors (Lipinski definition) is 0. The normalized spacial score (nSPS) is 10.7. The van der Waals surface area contributed by atoms with E-state index in [4.69, 9.17) is 69.6 Å². The maximum Gasteiger partial charge on any atom is 0.188 e. The Morgan fingerprint density at radius 1 is 0.425 bits per heavy atom. The predicted octanol–water partition coefficient (Wildman–Crippen LogP) is 9.22. The fourth-order valence-electron chi connectivity index (χ4n) is 2.45. The third-order valence-corrected chi connectivity index (χ3v) is 5.65. The van der Waals surface area contributed by atoms with Crippen LogP contribution in [0.25, 0.3) is 18.2 Å². The van der Waals surface area contributed by atoms with Crippen LogP contribution in [0.5, 0.6) is 0 Å². The molecule has 0 aliphatic carbocycles. The molecule has 0 bridgehead atoms. The van der Waals surface area contributed by atoms with Gasteiger partial charge in [0.15, 0.2) is 31.9 Å². The first kappa shape index (κ1) is 38.3. The first-order valence-corrected chi connectivity index (χ1v) is 13.9. The Morgan fingerprint density at radius 3 is 0.800 bits per heavy atom. The molecule has 0 radical (unpaired) electrons. The maximum atomic E-state index is 11.0. The molecular weight excluding hydrogens is 727 g/mol. The molecule has 0 spiro atoms. The summed E-state index contributed by atoms with van der Waals surface area (Å²) in [5, 5.41) is 0. The molecule has 3 nitrogen and oxygen atoms in total. The van der Waals surface area contributed by atoms with Crippen molar-refractivity contribution in [2.24, 2.45) is 0 Å². The summed E-state index contributed by atoms with van der Waals surface area (Å²) in [4.78, 5) is 30.0. The topological polar surface area (TPSA) is 51.2 Å². The van der Waals surface area contributed by atoms with Gasteiger partial charge in [-0.1, -0.05) is 179 Å². The number of allylic oxidation sites excluding steroid dienone is 3. The van der Waals surface area contributed by atoms with Gasteiger partial charge in [-0.25, -0.2) is 0 Å². The molecule has 0 fully saturated rings. The molecule has 0 aromatic heterocycles. The third-order valence-electron chi connectivity index (χ3n) is 4.36. The van der Waals surface area contributed by atoms with Gasteiger partial charge in [0.1, 0.15) is 0 Å². The standard InChI is InChI=1S/3C10H8Cl2O.Pd/c3*11-10(12)9(13)7-6-8-4-2-1-3-5-8;/h3*1-7,10H;. The van der Waals surface area contributed by atoms with E-state index in [0.717, 1.165) is 16.7 Å². The van der Waals surface area contributed by atoms with Crippen LogP contribution in [0, 0.1) is 0 Å². The van der Waals surface area contributed by atoms with E-state index in [9.17, 15) is 14.4 Å². The van der Waals surface area contributed by atoms with Crippen LogP contribution in [0.2, 0.25) is 0 Å². The average Bonchev–Trinajstić information content (AvgIpc) is 2.95. The second kappa shape index (κ2) is 22.9. The van der Waals surface area contributed by atoms with Gasteiger partial charge in [-0.2, -0.15) is 0 Å². The largest absolute Gasteiger partial charge is 0.292 e. The monoisotopic (exact) mass is 748 g/mol. The zero-order valence-electron chi connectivity index (χ0n) is 20.7. The Hall–Kier alpha value is -1.71. The summed E-state index contributed by atoms with van der Waals surface area (Å²) < 4.78 is 0. The Kier molecular flexibility index (Phi) is 21.9. The molecule has 0 unspecified atom stereocenters. The van der Waals surface area contributed by atoms with Crippen molar-refractivity contribution in [3.05, 3.63) is 126 Å². The number of rotatable bonds is 9. The summed E-state index contributed by atoms with van der Waals surface area (Å²) in [7, 11) is 0. The first-order valence-electron chi connectivity index (χ1n) is 11.3. The van der Waals surface area contributed by atoms with Crippen LogP contribution in [-0.2, 0) is 34.8 Å². The number of alkyl halides is 6. The Bertz CT molecular complexity index is 1070. The van der Waals surface area contributed by atoms with E-state index in [2.05, 4.69) is 0 Å². The minimum absolute atomic E-state index is 0. The van der Waals surface area contributed by atoms with Crippen LogP contribution in [0.4, 0.5) is 0 Å². The van der Waals surface area contributed by atoms with Crippen molar-refractivity contribution in [1.29, 1.82) is 0 Å². The fourth-order valence-corrected chi connectivity index (χ4v) is 2.88. The van der Waals surface area contributed by atoms with Crippen molar-refractivity contribution in [2.75, 3.05) is 0 Å². The number of carbonyl (C=O) groups is 3. The van der Waals surface area contributed by atoms with Crippen LogP contribution >= 0.6 is 69.6 Å². The molecule has 0 aliphatic rings. The van der Waals surface area contributed by atoms with E-state index in [0.29, 0.717) is 0 Å². The Labute approximate surface area is 278 Å². The molecule has 0 saturated carbocycles. The SMILES string of the molecule is O=C(C=Cc1ccccc1)C(Cl)Cl.O=C(C=Cc1ccccc1)C(Cl)Cl.O=C(C=Cc1ccccc1)C(Cl)Cl.[Pd]. The molecule has 0 N–H and O–H groups in total. The number of carbonyl (C=O) groups excluding carboxylic acids is 3. The minimum Gasteiger partial charge on any atom is -0.292 e. The Morgan fingerprint density at radius 2 is 0.625 bits per heavy atom. The predicted molar refractivity (Wildman–Crippen MR) is 168 cm³/mol. The molecule has 3 aromatic rings. The van der Waals surface area contributed by atoms with Crippen LogP contribution in [0.1, 0.15) is 16.7 Å². The van der Waals surface area contributed by atoms with Crippen molar-refractivity contribution in [3.63, 3.8) is 0 Å². The van der Waals surface area contributed by atoms with E-state index in [1.165, 1.54) is 18.2 Å². The van der Waals surface area contributed by atoms with Gasteiger partial charge in [-0.05, 0) is 34.9 Å². The number of halogens is 6. The van der Waals surface area contributed by atoms with Gasteiger partial charge < -0.3 is 0 Å². The Balaban J connectivity index is 0.000000563. The second-order valence-corrected chi connectivity index (χ2v) is 10.6. The van der Waals surface area contributed by atoms with Gasteiger partial charge in [0, 0.05) is 20.4 Å². The summed E-state index contributed by atoms with van der Waals surface area (Å²) in [5.74, 6) is -0.897. The first-order chi connectivity index (χ1) is 18.6. The van der Waals surface area contributed by atoms with E-state index in [-0.39, 0.29) is 37.8 Å². The fraction of sp³-hybridized carbons (Fsp3) is 0.100. The average molecular weight is 752 g/mol. The van der Waals surface area contributed by atoms with Gasteiger partial charge in [-0.15, -0.1) is 0 Å². The van der Waals surface area contributed by atoms with Crippen molar-refractivity contribution in [1.82, 2.24) is 0 Å². The van der Waals surface area contributed by atoms with Crippen molar-refractivity contribution in [2.45, 2.75) is 14.5 Å². The third kappa shape index (κ3) is 18.6. The van der Waals surface area contributed by atoms with Gasteiger partial charge in [0.05, 0.1) is 0 Å². The van der Waals surface area contributed by atoms with Crippen LogP contribution in [-0.4, -0.2) is 31.9 Å². The summed E-state index contributed by atoms with van der Waals surface area (Å²) >= 11 is 32.2. The number of benzene rings is 3. The molecule has 0 aliphatic heterocycles. The summed E-state index contributed by atoms with van der Waals surface area (Å²) in [5.41, 5.74) is 2.85. The van der Waals surface area contributed by atoms with Crippen molar-refractivity contribution in [3.8, 4) is 0 Å².